The summed E-state index contributed by atoms with van der Waals surface area (Å²) < 4.78 is 20.5. The molecule has 0 aromatic heterocycles. The molecule has 0 saturated carbocycles. The molecule has 0 fully saturated rings. The molecule has 0 rings (SSSR count). The molecule has 0 radical (unpaired) electrons. The maximum atomic E-state index is 9.40. The Balaban J connectivity index is 5.42. The van der Waals surface area contributed by atoms with E-state index < -0.39 is 5.69 Å². The third-order valence-corrected chi connectivity index (χ3v) is 4.31. The predicted octanol–water partition coefficient (Wildman–Crippen LogP) is 2.31. The topological polar surface area (TPSA) is 77.4 Å². The highest BCUT2D eigenvalue weighted by molar-refractivity contribution is 8.68. The molecule has 0 aromatic carbocycles. The van der Waals surface area contributed by atoms with E-state index in [0.717, 1.165) is 0 Å². The second-order valence-electron chi connectivity index (χ2n) is 2.97. The van der Waals surface area contributed by atoms with Gasteiger partial charge in [-0.25, -0.2) is 0 Å². The minimum absolute atomic E-state index is 0.124. The molecule has 0 aliphatic carbocycles. The van der Waals surface area contributed by atoms with E-state index >= 15 is 0 Å². The lowest BCUT2D eigenvalue weighted by Crippen LogP contribution is -2.00. The van der Waals surface area contributed by atoms with Gasteiger partial charge in [-0.3, -0.25) is 0 Å². The van der Waals surface area contributed by atoms with Crippen LogP contribution >= 0.6 is 17.1 Å². The first kappa shape index (κ1) is 18.6. The SMILES string of the molecule is CCOC(=CC(SP(O)(O)=S)=C(OC)OCC)OC. The standard InChI is InChI=1S/C10H19O6PS2/c1-5-15-9(13-3)7-8(19-17(11,12)18)10(14-4)16-6-2/h7H,5-6H2,1-4H3,(H2,11,12,18). The molecule has 2 N–H and O–H groups in total. The van der Waals surface area contributed by atoms with Crippen LogP contribution in [0.1, 0.15) is 13.8 Å². The summed E-state index contributed by atoms with van der Waals surface area (Å²) in [6.45, 7) is 4.34. The second-order valence-corrected chi connectivity index (χ2v) is 8.87. The van der Waals surface area contributed by atoms with Crippen LogP contribution in [0.4, 0.5) is 0 Å². The van der Waals surface area contributed by atoms with Crippen molar-refractivity contribution in [2.75, 3.05) is 27.4 Å². The smallest absolute Gasteiger partial charge is 0.293 e. The highest BCUT2D eigenvalue weighted by Gasteiger charge is 2.19. The van der Waals surface area contributed by atoms with E-state index in [1.165, 1.54) is 20.3 Å². The van der Waals surface area contributed by atoms with E-state index in [2.05, 4.69) is 11.8 Å². The van der Waals surface area contributed by atoms with Gasteiger partial charge in [-0.15, -0.1) is 0 Å². The Morgan fingerprint density at radius 2 is 1.74 bits per heavy atom. The van der Waals surface area contributed by atoms with Crippen LogP contribution in [0.3, 0.4) is 0 Å². The van der Waals surface area contributed by atoms with Gasteiger partial charge < -0.3 is 28.7 Å². The van der Waals surface area contributed by atoms with Crippen LogP contribution in [0.2, 0.25) is 0 Å². The summed E-state index contributed by atoms with van der Waals surface area (Å²) in [6, 6.07) is 0. The minimum Gasteiger partial charge on any atom is -0.469 e. The van der Waals surface area contributed by atoms with Crippen LogP contribution < -0.4 is 0 Å². The Bertz CT molecular complexity index is 376. The number of hydrogen-bond donors (Lipinski definition) is 2. The Morgan fingerprint density at radius 1 is 1.16 bits per heavy atom. The molecule has 0 bridgehead atoms. The first-order chi connectivity index (χ1) is 8.87. The largest absolute Gasteiger partial charge is 0.469 e. The normalized spacial score (nSPS) is 13.7. The van der Waals surface area contributed by atoms with Crippen molar-refractivity contribution in [1.29, 1.82) is 0 Å². The molecule has 0 aliphatic rings. The maximum absolute atomic E-state index is 9.40. The van der Waals surface area contributed by atoms with Gasteiger partial charge in [0.2, 0.25) is 5.69 Å². The van der Waals surface area contributed by atoms with Crippen LogP contribution in [0, 0.1) is 0 Å². The van der Waals surface area contributed by atoms with E-state index in [-0.39, 0.29) is 11.9 Å². The van der Waals surface area contributed by atoms with Gasteiger partial charge in [-0.2, -0.15) is 0 Å². The maximum Gasteiger partial charge on any atom is 0.293 e. The lowest BCUT2D eigenvalue weighted by atomic mass is 10.5. The fourth-order valence-corrected chi connectivity index (χ4v) is 3.52. The molecular weight excluding hydrogens is 311 g/mol. The first-order valence-electron chi connectivity index (χ1n) is 5.42. The highest BCUT2D eigenvalue weighted by Crippen LogP contribution is 2.56. The van der Waals surface area contributed by atoms with Gasteiger partial charge in [0, 0.05) is 6.08 Å². The lowest BCUT2D eigenvalue weighted by molar-refractivity contribution is 0.0620. The lowest BCUT2D eigenvalue weighted by Gasteiger charge is -2.14. The molecule has 0 heterocycles. The van der Waals surface area contributed by atoms with Crippen LogP contribution in [-0.4, -0.2) is 37.2 Å². The zero-order valence-electron chi connectivity index (χ0n) is 11.3. The molecule has 112 valence electrons. The van der Waals surface area contributed by atoms with Crippen molar-refractivity contribution >= 4 is 28.9 Å². The Labute approximate surface area is 122 Å². The predicted molar refractivity (Wildman–Crippen MR) is 78.7 cm³/mol. The summed E-state index contributed by atoms with van der Waals surface area (Å²) in [7, 11) is 2.84. The van der Waals surface area contributed by atoms with Gasteiger partial charge >= 0.3 is 0 Å². The molecule has 0 aliphatic heterocycles. The first-order valence-corrected chi connectivity index (χ1v) is 9.55. The van der Waals surface area contributed by atoms with Crippen LogP contribution in [0.25, 0.3) is 0 Å². The van der Waals surface area contributed by atoms with Crippen LogP contribution in [0.15, 0.2) is 22.9 Å². The van der Waals surface area contributed by atoms with Crippen molar-refractivity contribution in [3.63, 3.8) is 0 Å². The molecule has 9 heteroatoms. The van der Waals surface area contributed by atoms with Crippen molar-refractivity contribution in [1.82, 2.24) is 0 Å². The number of methoxy groups -OCH3 is 2. The van der Waals surface area contributed by atoms with Gasteiger partial charge in [-0.1, -0.05) is 0 Å². The molecule has 0 atom stereocenters. The van der Waals surface area contributed by atoms with E-state index in [1.807, 2.05) is 0 Å². The fourth-order valence-electron chi connectivity index (χ4n) is 1.02. The summed E-state index contributed by atoms with van der Waals surface area (Å²) in [4.78, 5) is 19.1. The third-order valence-electron chi connectivity index (χ3n) is 1.62. The van der Waals surface area contributed by atoms with E-state index in [9.17, 15) is 9.79 Å². The zero-order chi connectivity index (χ0) is 14.9. The molecule has 0 amide bonds. The number of hydrogen-bond acceptors (Lipinski definition) is 6. The summed E-state index contributed by atoms with van der Waals surface area (Å²) in [6.07, 6.45) is 1.44. The quantitative estimate of drug-likeness (QED) is 0.379. The average Bonchev–Trinajstić information content (AvgIpc) is 2.32. The number of allylic oxidation sites excluding steroid dienone is 1. The van der Waals surface area contributed by atoms with Gasteiger partial charge in [0.15, 0.2) is 0 Å². The number of rotatable bonds is 9. The van der Waals surface area contributed by atoms with E-state index in [1.54, 1.807) is 13.8 Å². The van der Waals surface area contributed by atoms with Crippen molar-refractivity contribution in [2.45, 2.75) is 13.8 Å². The zero-order valence-corrected chi connectivity index (χ0v) is 13.8. The summed E-state index contributed by atoms with van der Waals surface area (Å²) >= 11 is 5.27. The van der Waals surface area contributed by atoms with Crippen LogP contribution in [0.5, 0.6) is 0 Å². The molecule has 6 nitrogen and oxygen atoms in total. The molecule has 0 spiro atoms. The summed E-state index contributed by atoms with van der Waals surface area (Å²) in [5.41, 5.74) is -3.52. The molecular formula is C10H19O6PS2. The van der Waals surface area contributed by atoms with Gasteiger partial charge in [0.05, 0.1) is 27.4 Å². The van der Waals surface area contributed by atoms with E-state index in [4.69, 9.17) is 18.9 Å². The Morgan fingerprint density at radius 3 is 2.11 bits per heavy atom. The highest BCUT2D eigenvalue weighted by atomic mass is 32.9. The van der Waals surface area contributed by atoms with Gasteiger partial charge in [-0.05, 0) is 37.0 Å². The molecule has 0 unspecified atom stereocenters. The average molecular weight is 330 g/mol. The van der Waals surface area contributed by atoms with Crippen molar-refractivity contribution < 1.29 is 28.7 Å². The Hall–Kier alpha value is -0.400. The number of ether oxygens (including phenoxy) is 4. The molecule has 0 saturated heterocycles. The van der Waals surface area contributed by atoms with Crippen molar-refractivity contribution in [2.24, 2.45) is 0 Å². The van der Waals surface area contributed by atoms with Crippen molar-refractivity contribution in [3.05, 3.63) is 22.9 Å². The monoisotopic (exact) mass is 330 g/mol. The third kappa shape index (κ3) is 8.39. The minimum atomic E-state index is -3.52. The molecule has 0 aromatic rings. The molecule has 19 heavy (non-hydrogen) atoms. The van der Waals surface area contributed by atoms with Gasteiger partial charge in [0.25, 0.3) is 11.9 Å². The Kier molecular flexibility index (Phi) is 9.30. The van der Waals surface area contributed by atoms with Crippen molar-refractivity contribution in [3.8, 4) is 0 Å². The summed E-state index contributed by atoms with van der Waals surface area (Å²) in [5.74, 6) is 0.321. The fraction of sp³-hybridized carbons (Fsp3) is 0.600. The second kappa shape index (κ2) is 9.50. The van der Waals surface area contributed by atoms with Crippen LogP contribution in [-0.2, 0) is 30.8 Å². The summed E-state index contributed by atoms with van der Waals surface area (Å²) in [5, 5.41) is 0. The van der Waals surface area contributed by atoms with Gasteiger partial charge in [0.1, 0.15) is 4.91 Å². The van der Waals surface area contributed by atoms with E-state index in [0.29, 0.717) is 29.5 Å².